The van der Waals surface area contributed by atoms with Crippen LogP contribution >= 0.6 is 0 Å². The van der Waals surface area contributed by atoms with E-state index in [2.05, 4.69) is 0 Å². The van der Waals surface area contributed by atoms with Crippen LogP contribution in [0.5, 0.6) is 5.75 Å². The highest BCUT2D eigenvalue weighted by Gasteiger charge is 2.26. The van der Waals surface area contributed by atoms with Gasteiger partial charge in [0.05, 0.1) is 13.0 Å². The summed E-state index contributed by atoms with van der Waals surface area (Å²) in [5, 5.41) is 10.7. The molecule has 0 amide bonds. The van der Waals surface area contributed by atoms with Gasteiger partial charge in [-0.15, -0.1) is 0 Å². The van der Waals surface area contributed by atoms with Crippen molar-refractivity contribution < 1.29 is 14.5 Å². The Morgan fingerprint density at radius 1 is 1.39 bits per heavy atom. The van der Waals surface area contributed by atoms with Crippen LogP contribution in [0.4, 0.5) is 0 Å². The van der Waals surface area contributed by atoms with Gasteiger partial charge >= 0.3 is 0 Å². The number of benzene rings is 1. The van der Waals surface area contributed by atoms with Gasteiger partial charge in [-0.25, -0.2) is 0 Å². The molecule has 1 aromatic carbocycles. The summed E-state index contributed by atoms with van der Waals surface area (Å²) in [7, 11) is 1.56. The Bertz CT molecular complexity index is 402. The molecule has 18 heavy (non-hydrogen) atoms. The summed E-state index contributed by atoms with van der Waals surface area (Å²) in [5.74, 6) is -0.0186. The monoisotopic (exact) mass is 251 g/mol. The van der Waals surface area contributed by atoms with Crippen LogP contribution in [0.25, 0.3) is 0 Å². The molecule has 0 heterocycles. The molecule has 0 N–H and O–H groups in total. The first-order valence-corrected chi connectivity index (χ1v) is 5.83. The molecule has 98 valence electrons. The number of hydrogen-bond donors (Lipinski definition) is 0. The average molecular weight is 251 g/mol. The Morgan fingerprint density at radius 3 is 2.39 bits per heavy atom. The van der Waals surface area contributed by atoms with E-state index < -0.39 is 0 Å². The summed E-state index contributed by atoms with van der Waals surface area (Å²) in [6.45, 7) is 1.62. The van der Waals surface area contributed by atoms with Gasteiger partial charge in [-0.2, -0.15) is 0 Å². The minimum absolute atomic E-state index is 0.233. The number of methoxy groups -OCH3 is 1. The second kappa shape index (κ2) is 6.74. The van der Waals surface area contributed by atoms with Gasteiger partial charge < -0.3 is 9.53 Å². The number of carbonyl (C=O) groups is 1. The van der Waals surface area contributed by atoms with E-state index in [1.807, 2.05) is 6.92 Å². The molecule has 0 saturated heterocycles. The number of nitrogens with zero attached hydrogens (tertiary/aromatic N) is 1. The zero-order valence-corrected chi connectivity index (χ0v) is 10.5. The van der Waals surface area contributed by atoms with Crippen LogP contribution in [0.1, 0.15) is 24.8 Å². The first-order chi connectivity index (χ1) is 8.62. The summed E-state index contributed by atoms with van der Waals surface area (Å²) in [5.41, 5.74) is 0.798. The van der Waals surface area contributed by atoms with Crippen molar-refractivity contribution in [3.05, 3.63) is 39.9 Å². The first-order valence-electron chi connectivity index (χ1n) is 5.83. The zero-order chi connectivity index (χ0) is 13.5. The quantitative estimate of drug-likeness (QED) is 0.423. The van der Waals surface area contributed by atoms with Crippen molar-refractivity contribution in [3.63, 3.8) is 0 Å². The smallest absolute Gasteiger partial charge is 0.211 e. The van der Waals surface area contributed by atoms with E-state index in [-0.39, 0.29) is 23.3 Å². The molecule has 1 aromatic rings. The van der Waals surface area contributed by atoms with E-state index in [0.717, 1.165) is 11.8 Å². The largest absolute Gasteiger partial charge is 0.497 e. The number of ether oxygens (including phenoxy) is 1. The van der Waals surface area contributed by atoms with E-state index >= 15 is 0 Å². The van der Waals surface area contributed by atoms with Crippen LogP contribution in [-0.4, -0.2) is 24.9 Å². The SMILES string of the molecule is CC[C@@H](C=O)[C@H](C[N+](=O)[O-])c1ccc(OC)cc1. The Hall–Kier alpha value is -1.91. The average Bonchev–Trinajstić information content (AvgIpc) is 2.38. The van der Waals surface area contributed by atoms with Crippen molar-refractivity contribution in [3.8, 4) is 5.75 Å². The lowest BCUT2D eigenvalue weighted by Crippen LogP contribution is -2.22. The van der Waals surface area contributed by atoms with Crippen LogP contribution in [0.2, 0.25) is 0 Å². The van der Waals surface area contributed by atoms with Crippen LogP contribution in [0.3, 0.4) is 0 Å². The van der Waals surface area contributed by atoms with Gasteiger partial charge in [0.25, 0.3) is 0 Å². The number of nitro groups is 1. The standard InChI is InChI=1S/C13H17NO4/c1-3-10(9-15)13(8-14(16)17)11-4-6-12(18-2)7-5-11/h4-7,9-10,13H,3,8H2,1-2H3/t10-,13-/m0/s1. The highest BCUT2D eigenvalue weighted by Crippen LogP contribution is 2.27. The van der Waals surface area contributed by atoms with Gasteiger partial charge in [0.15, 0.2) is 0 Å². The molecule has 0 unspecified atom stereocenters. The Labute approximate surface area is 106 Å². The number of aldehydes is 1. The van der Waals surface area contributed by atoms with Crippen molar-refractivity contribution in [1.82, 2.24) is 0 Å². The number of rotatable bonds is 7. The fourth-order valence-corrected chi connectivity index (χ4v) is 1.98. The van der Waals surface area contributed by atoms with E-state index in [0.29, 0.717) is 12.2 Å². The third-order valence-electron chi connectivity index (χ3n) is 3.05. The molecule has 0 aliphatic heterocycles. The molecule has 1 rings (SSSR count). The molecule has 0 aromatic heterocycles. The van der Waals surface area contributed by atoms with E-state index in [4.69, 9.17) is 4.74 Å². The molecular formula is C13H17NO4. The lowest BCUT2D eigenvalue weighted by Gasteiger charge is -2.18. The molecule has 0 spiro atoms. The lowest BCUT2D eigenvalue weighted by atomic mass is 9.85. The third-order valence-corrected chi connectivity index (χ3v) is 3.05. The third kappa shape index (κ3) is 3.55. The van der Waals surface area contributed by atoms with Gasteiger partial charge in [-0.3, -0.25) is 10.1 Å². The Kier molecular flexibility index (Phi) is 5.30. The fraction of sp³-hybridized carbons (Fsp3) is 0.462. The predicted molar refractivity (Wildman–Crippen MR) is 67.4 cm³/mol. The Balaban J connectivity index is 2.99. The summed E-state index contributed by atoms with van der Waals surface area (Å²) in [6.07, 6.45) is 1.40. The number of hydrogen-bond acceptors (Lipinski definition) is 4. The van der Waals surface area contributed by atoms with E-state index in [1.165, 1.54) is 0 Å². The van der Waals surface area contributed by atoms with Crippen LogP contribution in [0.15, 0.2) is 24.3 Å². The van der Waals surface area contributed by atoms with Crippen molar-refractivity contribution in [2.45, 2.75) is 19.3 Å². The predicted octanol–water partition coefficient (Wildman–Crippen LogP) is 2.28. The van der Waals surface area contributed by atoms with Gasteiger partial charge in [-0.05, 0) is 24.1 Å². The van der Waals surface area contributed by atoms with Gasteiger partial charge in [0, 0.05) is 10.8 Å². The fourth-order valence-electron chi connectivity index (χ4n) is 1.98. The minimum Gasteiger partial charge on any atom is -0.497 e. The van der Waals surface area contributed by atoms with Gasteiger partial charge in [-0.1, -0.05) is 19.1 Å². The zero-order valence-electron chi connectivity index (χ0n) is 10.5. The normalized spacial score (nSPS) is 13.7. The van der Waals surface area contributed by atoms with E-state index in [9.17, 15) is 14.9 Å². The topological polar surface area (TPSA) is 69.4 Å². The maximum Gasteiger partial charge on any atom is 0.211 e. The Morgan fingerprint density at radius 2 is 2.00 bits per heavy atom. The summed E-state index contributed by atoms with van der Waals surface area (Å²) in [4.78, 5) is 21.3. The summed E-state index contributed by atoms with van der Waals surface area (Å²) in [6, 6.07) is 7.05. The molecule has 0 aliphatic rings. The maximum absolute atomic E-state index is 11.0. The van der Waals surface area contributed by atoms with Crippen LogP contribution < -0.4 is 4.74 Å². The molecule has 0 aliphatic carbocycles. The highest BCUT2D eigenvalue weighted by atomic mass is 16.6. The molecule has 5 nitrogen and oxygen atoms in total. The maximum atomic E-state index is 11.0. The molecule has 5 heteroatoms. The molecular weight excluding hydrogens is 234 g/mol. The second-order valence-corrected chi connectivity index (χ2v) is 4.10. The second-order valence-electron chi connectivity index (χ2n) is 4.10. The van der Waals surface area contributed by atoms with Crippen molar-refractivity contribution in [2.24, 2.45) is 5.92 Å². The summed E-state index contributed by atoms with van der Waals surface area (Å²) >= 11 is 0. The molecule has 0 saturated carbocycles. The highest BCUT2D eigenvalue weighted by molar-refractivity contribution is 5.56. The van der Waals surface area contributed by atoms with Crippen LogP contribution in [-0.2, 0) is 4.79 Å². The van der Waals surface area contributed by atoms with Gasteiger partial charge in [0.2, 0.25) is 6.54 Å². The van der Waals surface area contributed by atoms with Crippen LogP contribution in [0, 0.1) is 16.0 Å². The first kappa shape index (κ1) is 14.2. The molecule has 0 fully saturated rings. The number of carbonyl (C=O) groups excluding carboxylic acids is 1. The van der Waals surface area contributed by atoms with Gasteiger partial charge in [0.1, 0.15) is 12.0 Å². The van der Waals surface area contributed by atoms with Crippen molar-refractivity contribution in [1.29, 1.82) is 0 Å². The minimum atomic E-state index is -0.381. The lowest BCUT2D eigenvalue weighted by molar-refractivity contribution is -0.484. The molecule has 0 bridgehead atoms. The summed E-state index contributed by atoms with van der Waals surface area (Å²) < 4.78 is 5.04. The molecule has 0 radical (unpaired) electrons. The van der Waals surface area contributed by atoms with Crippen molar-refractivity contribution >= 4 is 6.29 Å². The molecule has 2 atom stereocenters. The van der Waals surface area contributed by atoms with Crippen molar-refractivity contribution in [2.75, 3.05) is 13.7 Å². The van der Waals surface area contributed by atoms with E-state index in [1.54, 1.807) is 31.4 Å².